The van der Waals surface area contributed by atoms with E-state index >= 15 is 0 Å². The quantitative estimate of drug-likeness (QED) is 0.144. The van der Waals surface area contributed by atoms with Crippen LogP contribution in [0.15, 0.2) is 39.8 Å². The Labute approximate surface area is 411 Å². The molecule has 3 saturated heterocycles. The second-order valence-electron chi connectivity index (χ2n) is 16.7. The minimum absolute atomic E-state index is 0.181. The molecule has 6 aromatic heterocycles. The van der Waals surface area contributed by atoms with E-state index in [-0.39, 0.29) is 23.1 Å². The van der Waals surface area contributed by atoms with Gasteiger partial charge >= 0.3 is 0 Å². The lowest BCUT2D eigenvalue weighted by Gasteiger charge is -2.41. The third-order valence-corrected chi connectivity index (χ3v) is 15.3. The van der Waals surface area contributed by atoms with Gasteiger partial charge in [-0.3, -0.25) is 19.2 Å². The number of anilines is 4. The zero-order valence-corrected chi connectivity index (χ0v) is 43.2. The van der Waals surface area contributed by atoms with E-state index in [1.54, 1.807) is 35.9 Å². The number of ether oxygens (including phenoxy) is 4. The predicted molar refractivity (Wildman–Crippen MR) is 268 cm³/mol. The van der Waals surface area contributed by atoms with E-state index in [9.17, 15) is 21.9 Å². The number of nitrogens with one attached hydrogen (secondary N) is 2. The highest BCUT2D eigenvalue weighted by Gasteiger charge is 2.29. The van der Waals surface area contributed by atoms with Crippen molar-refractivity contribution < 1.29 is 40.9 Å². The fraction of sp³-hybridized carbons (Fsp3) is 0.476. The number of aromatic nitrogens is 6. The highest BCUT2D eigenvalue weighted by Crippen LogP contribution is 2.40. The summed E-state index contributed by atoms with van der Waals surface area (Å²) in [5, 5.41) is 14.4. The molecule has 3 aliphatic rings. The number of methoxy groups -OCH3 is 2. The van der Waals surface area contributed by atoms with Crippen LogP contribution in [0.25, 0.3) is 42.9 Å². The third kappa shape index (κ3) is 11.8. The highest BCUT2D eigenvalue weighted by atomic mass is 79.9. The summed E-state index contributed by atoms with van der Waals surface area (Å²) in [6, 6.07) is 3.37. The first kappa shape index (κ1) is 49.8. The van der Waals surface area contributed by atoms with E-state index in [4.69, 9.17) is 38.9 Å². The van der Waals surface area contributed by atoms with Crippen LogP contribution in [0.5, 0.6) is 11.8 Å². The van der Waals surface area contributed by atoms with Gasteiger partial charge in [-0.15, -0.1) is 22.7 Å². The van der Waals surface area contributed by atoms with Crippen LogP contribution >= 0.6 is 38.6 Å². The van der Waals surface area contributed by atoms with Crippen molar-refractivity contribution in [1.29, 1.82) is 0 Å². The van der Waals surface area contributed by atoms with Crippen LogP contribution in [-0.4, -0.2) is 173 Å². The fourth-order valence-electron chi connectivity index (χ4n) is 7.87. The molecule has 366 valence electrons. The summed E-state index contributed by atoms with van der Waals surface area (Å²) in [6.45, 7) is 12.9. The zero-order valence-electron chi connectivity index (χ0n) is 38.4. The van der Waals surface area contributed by atoms with Crippen LogP contribution in [-0.2, 0) is 36.1 Å². The monoisotopic (exact) mass is 1080 g/mol. The number of morpholine rings is 2. The second-order valence-corrected chi connectivity index (χ2v) is 22.8. The molecule has 0 atom stereocenters. The van der Waals surface area contributed by atoms with Crippen LogP contribution < -0.4 is 28.7 Å². The topological polar surface area (TPSA) is 240 Å². The van der Waals surface area contributed by atoms with Gasteiger partial charge < -0.3 is 33.9 Å². The van der Waals surface area contributed by atoms with Gasteiger partial charge in [0, 0.05) is 93.4 Å². The summed E-state index contributed by atoms with van der Waals surface area (Å²) in [7, 11) is -4.17. The van der Waals surface area contributed by atoms with Gasteiger partial charge in [0.05, 0.1) is 83.9 Å². The van der Waals surface area contributed by atoms with E-state index in [0.29, 0.717) is 87.0 Å². The number of hydrogen-bond acceptors (Lipinski definition) is 21. The van der Waals surface area contributed by atoms with Crippen molar-refractivity contribution in [2.24, 2.45) is 0 Å². The van der Waals surface area contributed by atoms with Gasteiger partial charge in [-0.25, -0.2) is 46.7 Å². The molecule has 0 saturated carbocycles. The Kier molecular flexibility index (Phi) is 15.2. The van der Waals surface area contributed by atoms with Gasteiger partial charge in [0.25, 0.3) is 0 Å². The van der Waals surface area contributed by atoms with E-state index in [1.165, 1.54) is 25.6 Å². The number of aliphatic hydroxyl groups is 1. The molecule has 0 radical (unpaired) electrons. The molecule has 0 bridgehead atoms. The molecular formula is C42H53BrN12O9S4. The van der Waals surface area contributed by atoms with E-state index in [2.05, 4.69) is 60.3 Å². The molecule has 0 spiro atoms. The Morgan fingerprint density at radius 3 is 1.62 bits per heavy atom. The fourth-order valence-corrected chi connectivity index (χ4v) is 11.5. The Balaban J connectivity index is 0.000000192. The number of halogens is 1. The molecule has 21 nitrogen and oxygen atoms in total. The molecule has 26 heteroatoms. The molecular weight excluding hydrogens is 1020 g/mol. The highest BCUT2D eigenvalue weighted by molar-refractivity contribution is 9.10. The minimum atomic E-state index is -3.55. The molecule has 0 amide bonds. The maximum absolute atomic E-state index is 12.0. The number of nitrogens with zero attached hydrogens (tertiary/aromatic N) is 10. The zero-order chi connectivity index (χ0) is 48.4. The van der Waals surface area contributed by atoms with Crippen molar-refractivity contribution in [3.8, 4) is 34.3 Å². The normalized spacial score (nSPS) is 16.7. The van der Waals surface area contributed by atoms with Crippen molar-refractivity contribution in [2.45, 2.75) is 26.1 Å². The van der Waals surface area contributed by atoms with Crippen LogP contribution in [0.2, 0.25) is 0 Å². The van der Waals surface area contributed by atoms with Crippen molar-refractivity contribution in [2.75, 3.05) is 125 Å². The Hall–Kier alpha value is -4.64. The van der Waals surface area contributed by atoms with Gasteiger partial charge in [0.1, 0.15) is 22.6 Å². The number of rotatable bonds is 13. The lowest BCUT2D eigenvalue weighted by molar-refractivity contribution is -0.0968. The van der Waals surface area contributed by atoms with E-state index in [1.807, 2.05) is 19.2 Å². The summed E-state index contributed by atoms with van der Waals surface area (Å²) in [6.07, 6.45) is 5.43. The third-order valence-electron chi connectivity index (χ3n) is 11.2. The molecule has 0 aliphatic carbocycles. The summed E-state index contributed by atoms with van der Waals surface area (Å²) < 4.78 is 76.6. The van der Waals surface area contributed by atoms with Crippen molar-refractivity contribution in [3.63, 3.8) is 0 Å². The number of piperazine rings is 1. The lowest BCUT2D eigenvalue weighted by Crippen LogP contribution is -2.54. The van der Waals surface area contributed by atoms with Gasteiger partial charge in [0.2, 0.25) is 43.7 Å². The van der Waals surface area contributed by atoms with Crippen LogP contribution in [0.1, 0.15) is 19.4 Å². The molecule has 3 fully saturated rings. The van der Waals surface area contributed by atoms with Crippen molar-refractivity contribution in [3.05, 3.63) is 45.3 Å². The minimum Gasteiger partial charge on any atom is -0.480 e. The van der Waals surface area contributed by atoms with E-state index in [0.717, 1.165) is 75.7 Å². The first-order valence-electron chi connectivity index (χ1n) is 21.5. The maximum atomic E-state index is 12.0. The van der Waals surface area contributed by atoms with Crippen LogP contribution in [0.3, 0.4) is 0 Å². The molecule has 0 aromatic carbocycles. The number of fused-ring (bicyclic) bond motifs is 2. The van der Waals surface area contributed by atoms with Crippen LogP contribution in [0.4, 0.5) is 23.3 Å². The lowest BCUT2D eigenvalue weighted by atomic mass is 10.1. The van der Waals surface area contributed by atoms with Crippen LogP contribution in [0, 0.1) is 0 Å². The Bertz CT molecular complexity index is 2990. The van der Waals surface area contributed by atoms with Crippen molar-refractivity contribution >= 4 is 102 Å². The number of hydrogen-bond donors (Lipinski definition) is 3. The van der Waals surface area contributed by atoms with Gasteiger partial charge in [-0.1, -0.05) is 0 Å². The standard InChI is InChI=1S/C25H35N7O5S2.C17H18BrN5O4S2/c1-25(2,33)32-7-5-30(6-8-32)15-18-16-38-22-20(27-24(28-21(18)22)31-9-11-37-12-10-31)17-13-19(29-39(4,34)35)23(36-3)26-14-17;1-26-16-12(22-29(2,24)25)7-10(8-19-16)13-15-14(11(18)9-28-15)21-17(20-13)23-3-5-27-6-4-23/h13-14,16,29,33H,5-12,15H2,1-4H3;7-9,22H,3-6H2,1-2H3. The second kappa shape index (κ2) is 20.8. The Morgan fingerprint density at radius 2 is 1.16 bits per heavy atom. The van der Waals surface area contributed by atoms with Gasteiger partial charge in [-0.05, 0) is 47.3 Å². The maximum Gasteiger partial charge on any atom is 0.238 e. The molecule has 9 heterocycles. The van der Waals surface area contributed by atoms with Crippen molar-refractivity contribution in [1.82, 2.24) is 39.7 Å². The average Bonchev–Trinajstić information content (AvgIpc) is 3.90. The molecule has 9 rings (SSSR count). The molecule has 6 aromatic rings. The predicted octanol–water partition coefficient (Wildman–Crippen LogP) is 4.55. The summed E-state index contributed by atoms with van der Waals surface area (Å²) in [4.78, 5) is 36.8. The first-order valence-corrected chi connectivity index (χ1v) is 27.8. The van der Waals surface area contributed by atoms with E-state index < -0.39 is 25.8 Å². The van der Waals surface area contributed by atoms with Gasteiger partial charge in [0.15, 0.2) is 0 Å². The first-order chi connectivity index (χ1) is 32.4. The molecule has 3 aliphatic heterocycles. The Morgan fingerprint density at radius 1 is 0.706 bits per heavy atom. The molecule has 68 heavy (non-hydrogen) atoms. The summed E-state index contributed by atoms with van der Waals surface area (Å²) >= 11 is 6.64. The SMILES string of the molecule is COc1ncc(-c2nc(N3CCOCC3)nc3c(Br)csc23)cc1NS(C)(=O)=O.COc1ncc(-c2nc(N3CCOCC3)nc3c(CN4CCN(C(C)(C)O)CC4)csc23)cc1NS(C)(=O)=O. The smallest absolute Gasteiger partial charge is 0.238 e. The largest absolute Gasteiger partial charge is 0.480 e. The molecule has 0 unspecified atom stereocenters. The average molecular weight is 1080 g/mol. The summed E-state index contributed by atoms with van der Waals surface area (Å²) in [5.74, 6) is 1.58. The summed E-state index contributed by atoms with van der Waals surface area (Å²) in [5.41, 5.74) is 5.16. The number of sulfonamides is 2. The molecule has 3 N–H and O–H groups in total. The van der Waals surface area contributed by atoms with Gasteiger partial charge in [-0.2, -0.15) is 0 Å². The number of pyridine rings is 2. The number of thiophene rings is 2.